The van der Waals surface area contributed by atoms with Gasteiger partial charge in [-0.25, -0.2) is 0 Å². The molecule has 1 aromatic carbocycles. The Morgan fingerprint density at radius 1 is 1.39 bits per heavy atom. The quantitative estimate of drug-likeness (QED) is 0.763. The van der Waals surface area contributed by atoms with Gasteiger partial charge in [-0.05, 0) is 49.9 Å². The Labute approximate surface area is 114 Å². The molecule has 1 aromatic rings. The molecule has 1 aliphatic carbocycles. The number of halogens is 1. The first kappa shape index (κ1) is 13.2. The standard InChI is InChI=1S/C15H18ClNO/c1-2-15(10-4-3-5-14(15)16)18-13-8-6-12(11-17)7-9-13/h6-9,14H,2-5,10H2,1H3. The van der Waals surface area contributed by atoms with E-state index in [4.69, 9.17) is 21.6 Å². The zero-order chi connectivity index (χ0) is 13.0. The van der Waals surface area contributed by atoms with E-state index in [0.717, 1.165) is 25.0 Å². The largest absolute Gasteiger partial charge is 0.486 e. The molecule has 2 unspecified atom stereocenters. The van der Waals surface area contributed by atoms with Crippen LogP contribution in [0.4, 0.5) is 0 Å². The van der Waals surface area contributed by atoms with Crippen molar-refractivity contribution in [3.05, 3.63) is 29.8 Å². The number of ether oxygens (including phenoxy) is 1. The summed E-state index contributed by atoms with van der Waals surface area (Å²) in [5.74, 6) is 0.809. The Kier molecular flexibility index (Phi) is 4.14. The molecule has 0 aliphatic heterocycles. The number of nitrogens with zero attached hydrogens (tertiary/aromatic N) is 1. The minimum absolute atomic E-state index is 0.0758. The molecule has 96 valence electrons. The van der Waals surface area contributed by atoms with E-state index in [1.54, 1.807) is 12.1 Å². The fraction of sp³-hybridized carbons (Fsp3) is 0.533. The summed E-state index contributed by atoms with van der Waals surface area (Å²) in [7, 11) is 0. The van der Waals surface area contributed by atoms with Crippen LogP contribution in [-0.4, -0.2) is 11.0 Å². The molecule has 2 nitrogen and oxygen atoms in total. The normalized spacial score (nSPS) is 27.5. The summed E-state index contributed by atoms with van der Waals surface area (Å²) in [5, 5.41) is 8.85. The van der Waals surface area contributed by atoms with E-state index in [-0.39, 0.29) is 11.0 Å². The summed E-state index contributed by atoms with van der Waals surface area (Å²) in [6.07, 6.45) is 5.31. The van der Waals surface area contributed by atoms with Crippen LogP contribution in [0, 0.1) is 11.3 Å². The average Bonchev–Trinajstić information content (AvgIpc) is 2.42. The van der Waals surface area contributed by atoms with Crippen molar-refractivity contribution in [3.8, 4) is 11.8 Å². The van der Waals surface area contributed by atoms with Crippen molar-refractivity contribution in [1.82, 2.24) is 0 Å². The van der Waals surface area contributed by atoms with Crippen molar-refractivity contribution < 1.29 is 4.74 Å². The Balaban J connectivity index is 2.16. The molecule has 0 heterocycles. The van der Waals surface area contributed by atoms with Gasteiger partial charge < -0.3 is 4.74 Å². The molecule has 0 N–H and O–H groups in total. The first-order valence-electron chi connectivity index (χ1n) is 6.53. The smallest absolute Gasteiger partial charge is 0.125 e. The highest BCUT2D eigenvalue weighted by Crippen LogP contribution is 2.38. The molecular formula is C15H18ClNO. The summed E-state index contributed by atoms with van der Waals surface area (Å²) in [5.41, 5.74) is 0.410. The number of nitriles is 1. The van der Waals surface area contributed by atoms with Crippen LogP contribution in [0.2, 0.25) is 0 Å². The number of hydrogen-bond acceptors (Lipinski definition) is 2. The SMILES string of the molecule is CCC1(Oc2ccc(C#N)cc2)CCCCC1Cl. The lowest BCUT2D eigenvalue weighted by atomic mass is 9.82. The molecule has 0 saturated heterocycles. The molecule has 0 aromatic heterocycles. The summed E-state index contributed by atoms with van der Waals surface area (Å²) in [4.78, 5) is 0. The molecule has 1 fully saturated rings. The van der Waals surface area contributed by atoms with Crippen LogP contribution in [0.5, 0.6) is 5.75 Å². The van der Waals surface area contributed by atoms with Gasteiger partial charge in [-0.2, -0.15) is 5.26 Å². The molecule has 2 rings (SSSR count). The first-order valence-corrected chi connectivity index (χ1v) is 6.97. The van der Waals surface area contributed by atoms with E-state index in [1.807, 2.05) is 12.1 Å². The molecule has 18 heavy (non-hydrogen) atoms. The van der Waals surface area contributed by atoms with E-state index < -0.39 is 0 Å². The van der Waals surface area contributed by atoms with Crippen LogP contribution in [-0.2, 0) is 0 Å². The Morgan fingerprint density at radius 2 is 2.11 bits per heavy atom. The van der Waals surface area contributed by atoms with Gasteiger partial charge in [0.1, 0.15) is 11.4 Å². The topological polar surface area (TPSA) is 33.0 Å². The van der Waals surface area contributed by atoms with Gasteiger partial charge in [-0.15, -0.1) is 11.6 Å². The maximum atomic E-state index is 8.78. The van der Waals surface area contributed by atoms with Gasteiger partial charge in [0.2, 0.25) is 0 Å². The second-order valence-electron chi connectivity index (χ2n) is 4.87. The molecule has 3 heteroatoms. The van der Waals surface area contributed by atoms with Crippen LogP contribution < -0.4 is 4.74 Å². The van der Waals surface area contributed by atoms with Gasteiger partial charge in [-0.1, -0.05) is 13.3 Å². The highest BCUT2D eigenvalue weighted by molar-refractivity contribution is 6.21. The van der Waals surface area contributed by atoms with Gasteiger partial charge in [0.25, 0.3) is 0 Å². The third-order valence-corrected chi connectivity index (χ3v) is 4.40. The van der Waals surface area contributed by atoms with E-state index in [9.17, 15) is 0 Å². The van der Waals surface area contributed by atoms with Crippen LogP contribution in [0.25, 0.3) is 0 Å². The molecule has 2 atom stereocenters. The van der Waals surface area contributed by atoms with Gasteiger partial charge in [-0.3, -0.25) is 0 Å². The third kappa shape index (κ3) is 2.62. The highest BCUT2D eigenvalue weighted by Gasteiger charge is 2.40. The highest BCUT2D eigenvalue weighted by atomic mass is 35.5. The molecule has 1 saturated carbocycles. The van der Waals surface area contributed by atoms with Crippen molar-refractivity contribution in [3.63, 3.8) is 0 Å². The van der Waals surface area contributed by atoms with Gasteiger partial charge >= 0.3 is 0 Å². The summed E-state index contributed by atoms with van der Waals surface area (Å²) < 4.78 is 6.16. The minimum atomic E-state index is -0.242. The number of hydrogen-bond donors (Lipinski definition) is 0. The zero-order valence-corrected chi connectivity index (χ0v) is 11.4. The maximum Gasteiger partial charge on any atom is 0.125 e. The molecule has 0 bridgehead atoms. The lowest BCUT2D eigenvalue weighted by Gasteiger charge is -2.40. The van der Waals surface area contributed by atoms with Crippen LogP contribution in [0.1, 0.15) is 44.6 Å². The predicted molar refractivity (Wildman–Crippen MR) is 72.9 cm³/mol. The predicted octanol–water partition coefficient (Wildman–Crippen LogP) is 4.27. The monoisotopic (exact) mass is 263 g/mol. The van der Waals surface area contributed by atoms with Crippen molar-refractivity contribution >= 4 is 11.6 Å². The molecule has 1 aliphatic rings. The van der Waals surface area contributed by atoms with Gasteiger partial charge in [0.15, 0.2) is 0 Å². The molecule has 0 spiro atoms. The molecule has 0 radical (unpaired) electrons. The summed E-state index contributed by atoms with van der Waals surface area (Å²) in [6.45, 7) is 2.13. The number of rotatable bonds is 3. The second-order valence-corrected chi connectivity index (χ2v) is 5.40. The first-order chi connectivity index (χ1) is 8.70. The number of benzene rings is 1. The second kappa shape index (κ2) is 5.63. The molecular weight excluding hydrogens is 246 g/mol. The third-order valence-electron chi connectivity index (χ3n) is 3.78. The lowest BCUT2D eigenvalue weighted by molar-refractivity contribution is 0.0308. The molecule has 0 amide bonds. The van der Waals surface area contributed by atoms with Crippen molar-refractivity contribution in [2.24, 2.45) is 0 Å². The fourth-order valence-electron chi connectivity index (χ4n) is 2.59. The van der Waals surface area contributed by atoms with E-state index in [2.05, 4.69) is 13.0 Å². The van der Waals surface area contributed by atoms with E-state index >= 15 is 0 Å². The van der Waals surface area contributed by atoms with Crippen molar-refractivity contribution in [1.29, 1.82) is 5.26 Å². The summed E-state index contributed by atoms with van der Waals surface area (Å²) >= 11 is 6.47. The number of alkyl halides is 1. The minimum Gasteiger partial charge on any atom is -0.486 e. The van der Waals surface area contributed by atoms with Crippen LogP contribution in [0.15, 0.2) is 24.3 Å². The Morgan fingerprint density at radius 3 is 2.67 bits per heavy atom. The van der Waals surface area contributed by atoms with Gasteiger partial charge in [0.05, 0.1) is 17.0 Å². The Hall–Kier alpha value is -1.20. The van der Waals surface area contributed by atoms with E-state index in [0.29, 0.717) is 5.56 Å². The van der Waals surface area contributed by atoms with E-state index in [1.165, 1.54) is 12.8 Å². The fourth-order valence-corrected chi connectivity index (χ4v) is 3.05. The zero-order valence-electron chi connectivity index (χ0n) is 10.7. The van der Waals surface area contributed by atoms with Crippen LogP contribution >= 0.6 is 11.6 Å². The van der Waals surface area contributed by atoms with Crippen LogP contribution in [0.3, 0.4) is 0 Å². The van der Waals surface area contributed by atoms with Crippen molar-refractivity contribution in [2.45, 2.75) is 50.0 Å². The average molecular weight is 264 g/mol. The Bertz CT molecular complexity index is 437. The lowest BCUT2D eigenvalue weighted by Crippen LogP contribution is -2.46. The van der Waals surface area contributed by atoms with Gasteiger partial charge in [0, 0.05) is 0 Å². The van der Waals surface area contributed by atoms with Crippen molar-refractivity contribution in [2.75, 3.05) is 0 Å². The summed E-state index contributed by atoms with van der Waals surface area (Å²) in [6, 6.07) is 9.38. The maximum absolute atomic E-state index is 8.78.